The lowest BCUT2D eigenvalue weighted by molar-refractivity contribution is 0.0529. The lowest BCUT2D eigenvalue weighted by Crippen LogP contribution is -2.44. The molecule has 1 aromatic heterocycles. The lowest BCUT2D eigenvalue weighted by atomic mass is 9.79. The normalized spacial score (nSPS) is 20.5. The summed E-state index contributed by atoms with van der Waals surface area (Å²) in [6.45, 7) is 6.27. The van der Waals surface area contributed by atoms with Crippen LogP contribution in [0.15, 0.2) is 53.7 Å². The number of hydrogen-bond acceptors (Lipinski definition) is 4. The van der Waals surface area contributed by atoms with Crippen molar-refractivity contribution in [2.24, 2.45) is 4.99 Å². The number of anilines is 1. The van der Waals surface area contributed by atoms with Gasteiger partial charge in [-0.25, -0.2) is 4.98 Å². The summed E-state index contributed by atoms with van der Waals surface area (Å²) in [6, 6.07) is 15.2. The van der Waals surface area contributed by atoms with E-state index in [1.807, 2.05) is 13.2 Å². The van der Waals surface area contributed by atoms with E-state index in [0.29, 0.717) is 6.54 Å². The standard InChI is InChI=1S/C25H35N5O.HI/c1-20-18-30(14-15-31-20)23-11-10-21(16-27-23)17-28-24(26-2)29-19-25(12-6-7-13-25)22-8-4-3-5-9-22;/h3-5,8-11,16,20H,6-7,12-15,17-19H2,1-2H3,(H2,26,28,29);1H. The number of ether oxygens (including phenoxy) is 1. The number of pyridine rings is 1. The van der Waals surface area contributed by atoms with Crippen molar-refractivity contribution in [3.63, 3.8) is 0 Å². The highest BCUT2D eigenvalue weighted by molar-refractivity contribution is 14.0. The second kappa shape index (κ2) is 11.8. The Bertz CT molecular complexity index is 852. The minimum absolute atomic E-state index is 0. The summed E-state index contributed by atoms with van der Waals surface area (Å²) in [5.74, 6) is 1.86. The second-order valence-corrected chi connectivity index (χ2v) is 8.78. The molecule has 1 aliphatic heterocycles. The fourth-order valence-corrected chi connectivity index (χ4v) is 4.81. The van der Waals surface area contributed by atoms with E-state index in [1.165, 1.54) is 31.2 Å². The SMILES string of the molecule is CN=C(NCc1ccc(N2CCOC(C)C2)nc1)NCC1(c2ccccc2)CCCC1.I. The van der Waals surface area contributed by atoms with Gasteiger partial charge in [-0.3, -0.25) is 4.99 Å². The van der Waals surface area contributed by atoms with Gasteiger partial charge >= 0.3 is 0 Å². The third kappa shape index (κ3) is 6.13. The van der Waals surface area contributed by atoms with Crippen molar-refractivity contribution in [2.75, 3.05) is 38.2 Å². The molecule has 1 aliphatic carbocycles. The molecule has 1 aromatic carbocycles. The number of halogens is 1. The van der Waals surface area contributed by atoms with Gasteiger partial charge in [-0.15, -0.1) is 24.0 Å². The van der Waals surface area contributed by atoms with Crippen LogP contribution in [0.4, 0.5) is 5.82 Å². The number of hydrogen-bond donors (Lipinski definition) is 2. The molecule has 2 heterocycles. The first-order chi connectivity index (χ1) is 15.2. The Morgan fingerprint density at radius 1 is 1.16 bits per heavy atom. The van der Waals surface area contributed by atoms with Crippen molar-refractivity contribution in [3.8, 4) is 0 Å². The number of morpholine rings is 1. The average molecular weight is 550 g/mol. The summed E-state index contributed by atoms with van der Waals surface area (Å²) < 4.78 is 5.63. The summed E-state index contributed by atoms with van der Waals surface area (Å²) in [6.07, 6.45) is 7.26. The third-order valence-electron chi connectivity index (χ3n) is 6.60. The van der Waals surface area contributed by atoms with Gasteiger partial charge in [-0.2, -0.15) is 0 Å². The van der Waals surface area contributed by atoms with Crippen molar-refractivity contribution in [3.05, 3.63) is 59.8 Å². The summed E-state index contributed by atoms with van der Waals surface area (Å²) in [5, 5.41) is 7.03. The van der Waals surface area contributed by atoms with Crippen LogP contribution in [0.25, 0.3) is 0 Å². The molecular formula is C25H36IN5O. The molecule has 4 rings (SSSR count). The predicted octanol–water partition coefficient (Wildman–Crippen LogP) is 4.10. The summed E-state index contributed by atoms with van der Waals surface area (Å²) in [7, 11) is 1.83. The minimum Gasteiger partial charge on any atom is -0.375 e. The monoisotopic (exact) mass is 549 g/mol. The molecule has 0 spiro atoms. The Kier molecular flexibility index (Phi) is 9.16. The van der Waals surface area contributed by atoms with Gasteiger partial charge in [0.1, 0.15) is 5.82 Å². The molecule has 7 heteroatoms. The zero-order chi connectivity index (χ0) is 21.5. The molecule has 174 valence electrons. The van der Waals surface area contributed by atoms with E-state index >= 15 is 0 Å². The number of guanidine groups is 1. The van der Waals surface area contributed by atoms with E-state index in [4.69, 9.17) is 4.74 Å². The summed E-state index contributed by atoms with van der Waals surface area (Å²) in [5.41, 5.74) is 2.79. The molecule has 0 amide bonds. The maximum Gasteiger partial charge on any atom is 0.191 e. The number of nitrogens with one attached hydrogen (secondary N) is 2. The fraction of sp³-hybridized carbons (Fsp3) is 0.520. The zero-order valence-corrected chi connectivity index (χ0v) is 21.5. The van der Waals surface area contributed by atoms with Crippen molar-refractivity contribution in [1.29, 1.82) is 0 Å². The Hall–Kier alpha value is -1.87. The zero-order valence-electron chi connectivity index (χ0n) is 19.2. The van der Waals surface area contributed by atoms with E-state index in [1.54, 1.807) is 0 Å². The molecule has 2 N–H and O–H groups in total. The predicted molar refractivity (Wildman–Crippen MR) is 142 cm³/mol. The first-order valence-corrected chi connectivity index (χ1v) is 11.5. The van der Waals surface area contributed by atoms with Gasteiger partial charge in [0.2, 0.25) is 0 Å². The second-order valence-electron chi connectivity index (χ2n) is 8.78. The molecule has 32 heavy (non-hydrogen) atoms. The molecule has 2 aliphatic rings. The number of aromatic nitrogens is 1. The van der Waals surface area contributed by atoms with Crippen LogP contribution in [0.1, 0.15) is 43.7 Å². The van der Waals surface area contributed by atoms with E-state index in [9.17, 15) is 0 Å². The molecule has 0 bridgehead atoms. The Balaban J connectivity index is 0.00000289. The first-order valence-electron chi connectivity index (χ1n) is 11.5. The smallest absolute Gasteiger partial charge is 0.191 e. The van der Waals surface area contributed by atoms with Gasteiger partial charge in [0.25, 0.3) is 0 Å². The highest BCUT2D eigenvalue weighted by atomic mass is 127. The molecule has 1 unspecified atom stereocenters. The van der Waals surface area contributed by atoms with Gasteiger partial charge in [-0.1, -0.05) is 49.2 Å². The van der Waals surface area contributed by atoms with Crippen LogP contribution in [-0.4, -0.2) is 50.3 Å². The first kappa shape index (κ1) is 24.8. The molecule has 6 nitrogen and oxygen atoms in total. The quantitative estimate of drug-likeness (QED) is 0.323. The third-order valence-corrected chi connectivity index (χ3v) is 6.60. The lowest BCUT2D eigenvalue weighted by Gasteiger charge is -2.32. The van der Waals surface area contributed by atoms with Crippen LogP contribution in [0.3, 0.4) is 0 Å². The number of aliphatic imine (C=N–C) groups is 1. The molecule has 2 aromatic rings. The van der Waals surface area contributed by atoms with Gasteiger partial charge in [-0.05, 0) is 37.0 Å². The van der Waals surface area contributed by atoms with E-state index in [0.717, 1.165) is 43.6 Å². The maximum atomic E-state index is 5.63. The molecule has 0 radical (unpaired) electrons. The minimum atomic E-state index is 0. The molecular weight excluding hydrogens is 513 g/mol. The Morgan fingerprint density at radius 3 is 2.59 bits per heavy atom. The summed E-state index contributed by atoms with van der Waals surface area (Å²) in [4.78, 5) is 11.4. The molecule has 1 atom stereocenters. The number of rotatable bonds is 6. The average Bonchev–Trinajstić information content (AvgIpc) is 3.30. The number of benzene rings is 1. The van der Waals surface area contributed by atoms with Crippen LogP contribution in [0.2, 0.25) is 0 Å². The molecule has 1 saturated carbocycles. The van der Waals surface area contributed by atoms with Gasteiger partial charge in [0.15, 0.2) is 5.96 Å². The molecule has 1 saturated heterocycles. The van der Waals surface area contributed by atoms with Gasteiger partial charge in [0, 0.05) is 44.8 Å². The van der Waals surface area contributed by atoms with Gasteiger partial charge < -0.3 is 20.3 Å². The van der Waals surface area contributed by atoms with Crippen molar-refractivity contribution in [1.82, 2.24) is 15.6 Å². The van der Waals surface area contributed by atoms with Crippen LogP contribution < -0.4 is 15.5 Å². The maximum absolute atomic E-state index is 5.63. The van der Waals surface area contributed by atoms with Crippen molar-refractivity contribution >= 4 is 35.8 Å². The fourth-order valence-electron chi connectivity index (χ4n) is 4.81. The topological polar surface area (TPSA) is 61.8 Å². The largest absolute Gasteiger partial charge is 0.375 e. The van der Waals surface area contributed by atoms with E-state index < -0.39 is 0 Å². The van der Waals surface area contributed by atoms with E-state index in [2.05, 4.69) is 74.9 Å². The summed E-state index contributed by atoms with van der Waals surface area (Å²) >= 11 is 0. The van der Waals surface area contributed by atoms with Crippen LogP contribution in [-0.2, 0) is 16.7 Å². The Labute approximate surface area is 209 Å². The van der Waals surface area contributed by atoms with Gasteiger partial charge in [0.05, 0.1) is 12.7 Å². The highest BCUT2D eigenvalue weighted by Crippen LogP contribution is 2.40. The van der Waals surface area contributed by atoms with Crippen LogP contribution >= 0.6 is 24.0 Å². The van der Waals surface area contributed by atoms with Crippen LogP contribution in [0, 0.1) is 0 Å². The molecule has 2 fully saturated rings. The Morgan fingerprint density at radius 2 is 1.94 bits per heavy atom. The van der Waals surface area contributed by atoms with Crippen molar-refractivity contribution < 1.29 is 4.74 Å². The van der Waals surface area contributed by atoms with Crippen LogP contribution in [0.5, 0.6) is 0 Å². The number of nitrogens with zero attached hydrogens (tertiary/aromatic N) is 3. The highest BCUT2D eigenvalue weighted by Gasteiger charge is 2.35. The van der Waals surface area contributed by atoms with Crippen molar-refractivity contribution in [2.45, 2.75) is 50.7 Å². The van der Waals surface area contributed by atoms with E-state index in [-0.39, 0.29) is 35.5 Å².